The van der Waals surface area contributed by atoms with Gasteiger partial charge in [0.05, 0.1) is 9.79 Å². The average molecular weight is 499 g/mol. The van der Waals surface area contributed by atoms with Crippen molar-refractivity contribution in [1.82, 2.24) is 0 Å². The molecule has 0 atom stereocenters. The van der Waals surface area contributed by atoms with Gasteiger partial charge in [-0.05, 0) is 34.3 Å². The van der Waals surface area contributed by atoms with Crippen LogP contribution in [0.5, 0.6) is 0 Å². The molecular weight excluding hydrogens is 491 g/mol. The standard InChI is InChI=1S/C14H10N6O6S2.2K/c15-19-17-11-5-3-9(13(7-11)27(21,22)23)1-2-10-4-6-12(18-20-16)8-14(10)28(24,25)26;;/h1-8H,(H,21,22,23)(H,24,25,26);;/q;2*+1/p-2/b2-1+;;. The van der Waals surface area contributed by atoms with Gasteiger partial charge in [0.2, 0.25) is 0 Å². The predicted molar refractivity (Wildman–Crippen MR) is 95.4 cm³/mol. The van der Waals surface area contributed by atoms with Gasteiger partial charge in [-0.2, -0.15) is 0 Å². The molecule has 0 fully saturated rings. The first-order chi connectivity index (χ1) is 13.1. The molecule has 12 nitrogen and oxygen atoms in total. The Morgan fingerprint density at radius 3 is 1.33 bits per heavy atom. The molecule has 0 aromatic heterocycles. The van der Waals surface area contributed by atoms with Crippen LogP contribution in [-0.2, 0) is 20.2 Å². The van der Waals surface area contributed by atoms with Crippen molar-refractivity contribution in [3.8, 4) is 0 Å². The minimum absolute atomic E-state index is 0. The zero-order chi connectivity index (χ0) is 20.9. The van der Waals surface area contributed by atoms with Gasteiger partial charge >= 0.3 is 103 Å². The predicted octanol–water partition coefficient (Wildman–Crippen LogP) is -2.44. The third-order valence-corrected chi connectivity index (χ3v) is 5.08. The second kappa shape index (κ2) is 12.8. The van der Waals surface area contributed by atoms with Gasteiger partial charge < -0.3 is 9.11 Å². The summed E-state index contributed by atoms with van der Waals surface area (Å²) in [5.74, 6) is 0. The van der Waals surface area contributed by atoms with Crippen LogP contribution in [0.1, 0.15) is 11.1 Å². The Balaban J connectivity index is 0.00000420. The molecule has 0 bridgehead atoms. The second-order valence-corrected chi connectivity index (χ2v) is 7.76. The Labute approximate surface area is 256 Å². The normalized spacial score (nSPS) is 10.9. The first kappa shape index (κ1) is 29.9. The summed E-state index contributed by atoms with van der Waals surface area (Å²) in [4.78, 5) is 3.57. The molecule has 0 saturated heterocycles. The van der Waals surface area contributed by atoms with Gasteiger partial charge in [-0.3, -0.25) is 0 Å². The summed E-state index contributed by atoms with van der Waals surface area (Å²) in [5, 5.41) is 6.41. The topological polar surface area (TPSA) is 212 Å². The van der Waals surface area contributed by atoms with E-state index in [1.165, 1.54) is 24.3 Å². The minimum Gasteiger partial charge on any atom is -0.744 e. The van der Waals surface area contributed by atoms with Crippen molar-refractivity contribution >= 4 is 43.8 Å². The fraction of sp³-hybridized carbons (Fsp3) is 0. The summed E-state index contributed by atoms with van der Waals surface area (Å²) in [6.45, 7) is 0. The quantitative estimate of drug-likeness (QED) is 0.105. The molecule has 0 unspecified atom stereocenters. The molecule has 0 heterocycles. The van der Waals surface area contributed by atoms with Gasteiger partial charge in [-0.1, -0.05) is 46.6 Å². The van der Waals surface area contributed by atoms with Crippen LogP contribution >= 0.6 is 0 Å². The maximum Gasteiger partial charge on any atom is 1.00 e. The monoisotopic (exact) mass is 498 g/mol. The van der Waals surface area contributed by atoms with Crippen LogP contribution in [-0.4, -0.2) is 25.9 Å². The summed E-state index contributed by atoms with van der Waals surface area (Å²) < 4.78 is 68.7. The van der Waals surface area contributed by atoms with E-state index in [2.05, 4.69) is 20.1 Å². The molecule has 0 aliphatic heterocycles. The Morgan fingerprint density at radius 1 is 0.733 bits per heavy atom. The molecule has 0 amide bonds. The smallest absolute Gasteiger partial charge is 0.744 e. The second-order valence-electron chi connectivity index (χ2n) is 5.06. The summed E-state index contributed by atoms with van der Waals surface area (Å²) in [6.07, 6.45) is 2.20. The van der Waals surface area contributed by atoms with Crippen molar-refractivity contribution in [2.45, 2.75) is 9.79 Å². The SMILES string of the molecule is [K+].[K+].[N-]=[N+]=Nc1ccc(/C=C/c2ccc(N=[N+]=[N-])cc2S(=O)(=O)[O-])c(S(=O)(=O)[O-])c1. The van der Waals surface area contributed by atoms with Gasteiger partial charge in [0.15, 0.2) is 0 Å². The molecule has 0 radical (unpaired) electrons. The number of hydrogen-bond acceptors (Lipinski definition) is 8. The molecule has 0 aliphatic rings. The molecule has 0 N–H and O–H groups in total. The maximum atomic E-state index is 11.4. The van der Waals surface area contributed by atoms with Crippen LogP contribution in [0.4, 0.5) is 11.4 Å². The Bertz CT molecular complexity index is 1180. The van der Waals surface area contributed by atoms with Crippen molar-refractivity contribution in [2.24, 2.45) is 10.2 Å². The van der Waals surface area contributed by atoms with Crippen molar-refractivity contribution in [1.29, 1.82) is 0 Å². The van der Waals surface area contributed by atoms with Crippen molar-refractivity contribution in [2.75, 3.05) is 0 Å². The molecule has 30 heavy (non-hydrogen) atoms. The number of benzene rings is 2. The number of azide groups is 2. The molecule has 2 aromatic rings. The molecule has 0 saturated carbocycles. The number of rotatable bonds is 6. The average Bonchev–Trinajstić information content (AvgIpc) is 2.60. The van der Waals surface area contributed by atoms with E-state index in [1.807, 2.05) is 0 Å². The van der Waals surface area contributed by atoms with Crippen molar-refractivity contribution in [3.63, 3.8) is 0 Å². The van der Waals surface area contributed by atoms with Gasteiger partial charge in [-0.25, -0.2) is 16.8 Å². The summed E-state index contributed by atoms with van der Waals surface area (Å²) in [6, 6.07) is 6.54. The van der Waals surface area contributed by atoms with E-state index in [4.69, 9.17) is 11.1 Å². The molecular formula is C14H8K2N6O6S2. The minimum atomic E-state index is -4.95. The van der Waals surface area contributed by atoms with Gasteiger partial charge in [0.25, 0.3) is 0 Å². The van der Waals surface area contributed by atoms with E-state index in [0.29, 0.717) is 0 Å². The van der Waals surface area contributed by atoms with Crippen LogP contribution < -0.4 is 103 Å². The summed E-state index contributed by atoms with van der Waals surface area (Å²) >= 11 is 0. The third kappa shape index (κ3) is 8.44. The first-order valence-corrected chi connectivity index (χ1v) is 9.86. The molecule has 144 valence electrons. The molecule has 2 rings (SSSR count). The first-order valence-electron chi connectivity index (χ1n) is 7.04. The van der Waals surface area contributed by atoms with Crippen molar-refractivity contribution in [3.05, 3.63) is 68.4 Å². The largest absolute Gasteiger partial charge is 1.00 e. The Morgan fingerprint density at radius 2 is 1.07 bits per heavy atom. The van der Waals surface area contributed by atoms with Gasteiger partial charge in [0, 0.05) is 21.2 Å². The van der Waals surface area contributed by atoms with Crippen molar-refractivity contribution < 1.29 is 129 Å². The third-order valence-electron chi connectivity index (χ3n) is 3.30. The van der Waals surface area contributed by atoms with Crippen LogP contribution in [0.15, 0.2) is 56.4 Å². The van der Waals surface area contributed by atoms with E-state index < -0.39 is 30.0 Å². The van der Waals surface area contributed by atoms with E-state index in [1.54, 1.807) is 0 Å². The van der Waals surface area contributed by atoms with Gasteiger partial charge in [0.1, 0.15) is 20.2 Å². The van der Waals surface area contributed by atoms with E-state index in [-0.39, 0.29) is 125 Å². The molecule has 0 spiro atoms. The van der Waals surface area contributed by atoms with E-state index >= 15 is 0 Å². The van der Waals surface area contributed by atoms with E-state index in [0.717, 1.165) is 24.3 Å². The Hall–Kier alpha value is -0.107. The summed E-state index contributed by atoms with van der Waals surface area (Å²) in [7, 11) is -9.90. The molecule has 2 aromatic carbocycles. The Kier molecular flexibility index (Phi) is 12.8. The van der Waals surface area contributed by atoms with Crippen LogP contribution in [0, 0.1) is 0 Å². The van der Waals surface area contributed by atoms with E-state index in [9.17, 15) is 25.9 Å². The van der Waals surface area contributed by atoms with Crippen LogP contribution in [0.2, 0.25) is 0 Å². The van der Waals surface area contributed by atoms with Crippen LogP contribution in [0.25, 0.3) is 33.0 Å². The molecule has 0 aliphatic carbocycles. The maximum absolute atomic E-state index is 11.4. The number of hydrogen-bond donors (Lipinski definition) is 0. The number of nitrogens with zero attached hydrogens (tertiary/aromatic N) is 6. The summed E-state index contributed by atoms with van der Waals surface area (Å²) in [5.41, 5.74) is 16.3. The fourth-order valence-electron chi connectivity index (χ4n) is 2.16. The fourth-order valence-corrected chi connectivity index (χ4v) is 3.54. The van der Waals surface area contributed by atoms with Gasteiger partial charge in [-0.15, -0.1) is 0 Å². The zero-order valence-corrected chi connectivity index (χ0v) is 23.4. The zero-order valence-electron chi connectivity index (χ0n) is 15.6. The molecule has 16 heteroatoms. The van der Waals surface area contributed by atoms with Crippen LogP contribution in [0.3, 0.4) is 0 Å².